The van der Waals surface area contributed by atoms with Gasteiger partial charge in [-0.1, -0.05) is 23.1 Å². The maximum atomic E-state index is 12.2. The lowest BCUT2D eigenvalue weighted by atomic mass is 10.0. The van der Waals surface area contributed by atoms with Crippen molar-refractivity contribution in [2.75, 3.05) is 18.5 Å². The summed E-state index contributed by atoms with van der Waals surface area (Å²) in [5.41, 5.74) is 6.77. The van der Waals surface area contributed by atoms with Gasteiger partial charge in [0.25, 0.3) is 0 Å². The molecule has 6 nitrogen and oxygen atoms in total. The van der Waals surface area contributed by atoms with E-state index in [1.807, 2.05) is 7.05 Å². The highest BCUT2D eigenvalue weighted by molar-refractivity contribution is 8.01. The summed E-state index contributed by atoms with van der Waals surface area (Å²) in [7, 11) is 1.82. The van der Waals surface area contributed by atoms with Gasteiger partial charge in [0, 0.05) is 11.9 Å². The number of nitrogens with zero attached hydrogens (tertiary/aromatic N) is 4. The number of thioether (sulfide) groups is 1. The second kappa shape index (κ2) is 6.93. The lowest BCUT2D eigenvalue weighted by Crippen LogP contribution is -2.27. The molecule has 2 aromatic rings. The molecule has 0 spiro atoms. The van der Waals surface area contributed by atoms with Crippen LogP contribution < -0.4 is 5.73 Å². The van der Waals surface area contributed by atoms with Crippen LogP contribution in [0.4, 0.5) is 5.13 Å². The number of rotatable bonds is 5. The SMILES string of the molecule is CN(Cc1nc2c(s1)CCCC2)C(=O)CSc1nnc(N)s1. The van der Waals surface area contributed by atoms with Crippen LogP contribution in [0.1, 0.15) is 28.4 Å². The summed E-state index contributed by atoms with van der Waals surface area (Å²) in [6, 6.07) is 0. The topological polar surface area (TPSA) is 85.0 Å². The Hall–Kier alpha value is -1.19. The first kappa shape index (κ1) is 15.7. The fourth-order valence-electron chi connectivity index (χ4n) is 2.28. The third-order valence-electron chi connectivity index (χ3n) is 3.43. The smallest absolute Gasteiger partial charge is 0.233 e. The van der Waals surface area contributed by atoms with E-state index < -0.39 is 0 Å². The number of fused-ring (bicyclic) bond motifs is 1. The van der Waals surface area contributed by atoms with Crippen molar-refractivity contribution in [2.24, 2.45) is 0 Å². The van der Waals surface area contributed by atoms with Crippen molar-refractivity contribution in [3.63, 3.8) is 0 Å². The molecule has 2 aromatic heterocycles. The minimum Gasteiger partial charge on any atom is -0.374 e. The number of hydrogen-bond acceptors (Lipinski definition) is 8. The molecule has 118 valence electrons. The summed E-state index contributed by atoms with van der Waals surface area (Å²) in [5, 5.41) is 9.10. The first-order valence-electron chi connectivity index (χ1n) is 7.05. The molecular formula is C13H17N5OS3. The van der Waals surface area contributed by atoms with Crippen molar-refractivity contribution in [1.29, 1.82) is 0 Å². The largest absolute Gasteiger partial charge is 0.374 e. The third-order valence-corrected chi connectivity index (χ3v) is 6.44. The molecule has 0 aromatic carbocycles. The predicted molar refractivity (Wildman–Crippen MR) is 90.3 cm³/mol. The van der Waals surface area contributed by atoms with Crippen LogP contribution in [-0.4, -0.2) is 38.8 Å². The van der Waals surface area contributed by atoms with Gasteiger partial charge in [0.15, 0.2) is 4.34 Å². The second-order valence-corrected chi connectivity index (χ2v) is 8.53. The first-order valence-corrected chi connectivity index (χ1v) is 9.67. The van der Waals surface area contributed by atoms with Crippen molar-refractivity contribution in [2.45, 2.75) is 36.6 Å². The van der Waals surface area contributed by atoms with Gasteiger partial charge in [-0.2, -0.15) is 0 Å². The first-order chi connectivity index (χ1) is 10.6. The van der Waals surface area contributed by atoms with Crippen LogP contribution in [0.5, 0.6) is 0 Å². The van der Waals surface area contributed by atoms with Crippen LogP contribution in [0, 0.1) is 0 Å². The Morgan fingerprint density at radius 3 is 2.86 bits per heavy atom. The number of amides is 1. The number of carbonyl (C=O) groups excluding carboxylic acids is 1. The zero-order valence-electron chi connectivity index (χ0n) is 12.2. The average Bonchev–Trinajstić information content (AvgIpc) is 3.09. The molecule has 2 N–H and O–H groups in total. The molecule has 3 rings (SSSR count). The molecule has 0 saturated carbocycles. The molecule has 0 radical (unpaired) electrons. The molecular weight excluding hydrogens is 338 g/mol. The van der Waals surface area contributed by atoms with Crippen LogP contribution in [0.25, 0.3) is 0 Å². The zero-order chi connectivity index (χ0) is 15.5. The van der Waals surface area contributed by atoms with Crippen molar-refractivity contribution < 1.29 is 4.79 Å². The average molecular weight is 356 g/mol. The van der Waals surface area contributed by atoms with E-state index in [-0.39, 0.29) is 5.91 Å². The highest BCUT2D eigenvalue weighted by atomic mass is 32.2. The van der Waals surface area contributed by atoms with Crippen molar-refractivity contribution >= 4 is 45.5 Å². The molecule has 0 fully saturated rings. The number of anilines is 1. The van der Waals surface area contributed by atoms with Crippen molar-refractivity contribution in [3.05, 3.63) is 15.6 Å². The summed E-state index contributed by atoms with van der Waals surface area (Å²) in [4.78, 5) is 20.0. The van der Waals surface area contributed by atoms with Crippen molar-refractivity contribution in [3.8, 4) is 0 Å². The number of thiazole rings is 1. The molecule has 1 aliphatic rings. The Kier molecular flexibility index (Phi) is 4.94. The lowest BCUT2D eigenvalue weighted by Gasteiger charge is -2.14. The number of nitrogens with two attached hydrogens (primary N) is 1. The fraction of sp³-hybridized carbons (Fsp3) is 0.538. The maximum Gasteiger partial charge on any atom is 0.233 e. The maximum absolute atomic E-state index is 12.2. The summed E-state index contributed by atoms with van der Waals surface area (Å²) in [6.45, 7) is 0.579. The second-order valence-electron chi connectivity index (χ2n) is 5.13. The van der Waals surface area contributed by atoms with Crippen molar-refractivity contribution in [1.82, 2.24) is 20.1 Å². The van der Waals surface area contributed by atoms with Gasteiger partial charge in [-0.15, -0.1) is 21.5 Å². The summed E-state index contributed by atoms with van der Waals surface area (Å²) < 4.78 is 0.726. The molecule has 1 aliphatic carbocycles. The Labute approximate surface area is 141 Å². The monoisotopic (exact) mass is 355 g/mol. The number of carbonyl (C=O) groups is 1. The quantitative estimate of drug-likeness (QED) is 0.828. The summed E-state index contributed by atoms with van der Waals surface area (Å²) >= 11 is 4.42. The summed E-state index contributed by atoms with van der Waals surface area (Å²) in [6.07, 6.45) is 4.70. The van der Waals surface area contributed by atoms with Gasteiger partial charge in [-0.25, -0.2) is 4.98 Å². The fourth-order valence-corrected chi connectivity index (χ4v) is 5.06. The van der Waals surface area contributed by atoms with E-state index in [1.54, 1.807) is 16.2 Å². The van der Waals surface area contributed by atoms with E-state index in [2.05, 4.69) is 15.2 Å². The van der Waals surface area contributed by atoms with Gasteiger partial charge < -0.3 is 10.6 Å². The van der Waals surface area contributed by atoms with Crippen LogP contribution in [0.15, 0.2) is 4.34 Å². The number of aromatic nitrogens is 3. The number of nitrogen functional groups attached to an aromatic ring is 1. The van der Waals surface area contributed by atoms with Gasteiger partial charge in [-0.05, 0) is 25.7 Å². The van der Waals surface area contributed by atoms with E-state index in [4.69, 9.17) is 5.73 Å². The minimum absolute atomic E-state index is 0.0620. The molecule has 0 unspecified atom stereocenters. The standard InChI is InChI=1S/C13H17N5OS3/c1-18(11(19)7-20-13-17-16-12(14)22-13)6-10-15-8-4-2-3-5-9(8)21-10/h2-7H2,1H3,(H2,14,16). The van der Waals surface area contributed by atoms with Gasteiger partial charge in [0.2, 0.25) is 11.0 Å². The Morgan fingerprint density at radius 1 is 1.32 bits per heavy atom. The van der Waals surface area contributed by atoms with Crippen LogP contribution >= 0.6 is 34.4 Å². The van der Waals surface area contributed by atoms with E-state index in [0.29, 0.717) is 17.4 Å². The van der Waals surface area contributed by atoms with Gasteiger partial charge >= 0.3 is 0 Å². The number of aryl methyl sites for hydroxylation is 2. The van der Waals surface area contributed by atoms with E-state index in [9.17, 15) is 4.79 Å². The van der Waals surface area contributed by atoms with E-state index in [1.165, 1.54) is 46.5 Å². The Balaban J connectivity index is 1.53. The predicted octanol–water partition coefficient (Wildman–Crippen LogP) is 2.21. The Morgan fingerprint density at radius 2 is 2.14 bits per heavy atom. The molecule has 22 heavy (non-hydrogen) atoms. The molecule has 0 saturated heterocycles. The number of hydrogen-bond donors (Lipinski definition) is 1. The molecule has 1 amide bonds. The Bertz CT molecular complexity index is 645. The molecule has 0 aliphatic heterocycles. The molecule has 9 heteroatoms. The molecule has 2 heterocycles. The zero-order valence-corrected chi connectivity index (χ0v) is 14.7. The van der Waals surface area contributed by atoms with Crippen LogP contribution in [-0.2, 0) is 24.2 Å². The van der Waals surface area contributed by atoms with Gasteiger partial charge in [0.05, 0.1) is 18.0 Å². The highest BCUT2D eigenvalue weighted by Gasteiger charge is 2.18. The van der Waals surface area contributed by atoms with E-state index in [0.717, 1.165) is 22.2 Å². The third kappa shape index (κ3) is 3.76. The lowest BCUT2D eigenvalue weighted by molar-refractivity contribution is -0.127. The normalized spacial score (nSPS) is 13.9. The van der Waals surface area contributed by atoms with E-state index >= 15 is 0 Å². The summed E-state index contributed by atoms with van der Waals surface area (Å²) in [5.74, 6) is 0.405. The van der Waals surface area contributed by atoms with Gasteiger partial charge in [0.1, 0.15) is 5.01 Å². The molecule has 0 atom stereocenters. The van der Waals surface area contributed by atoms with Crippen LogP contribution in [0.3, 0.4) is 0 Å². The molecule has 0 bridgehead atoms. The minimum atomic E-state index is 0.0620. The highest BCUT2D eigenvalue weighted by Crippen LogP contribution is 2.27. The van der Waals surface area contributed by atoms with Crippen LogP contribution in [0.2, 0.25) is 0 Å². The van der Waals surface area contributed by atoms with Gasteiger partial charge in [-0.3, -0.25) is 4.79 Å².